The first-order valence-electron chi connectivity index (χ1n) is 10.5. The van der Waals surface area contributed by atoms with E-state index in [1.54, 1.807) is 18.3 Å². The fourth-order valence-electron chi connectivity index (χ4n) is 4.00. The third-order valence-electron chi connectivity index (χ3n) is 5.35. The number of nitrogens with one attached hydrogen (secondary N) is 1. The number of nitriles is 1. The van der Waals surface area contributed by atoms with Gasteiger partial charge < -0.3 is 10.1 Å². The van der Waals surface area contributed by atoms with E-state index >= 15 is 0 Å². The van der Waals surface area contributed by atoms with Gasteiger partial charge in [0.25, 0.3) is 0 Å². The number of rotatable bonds is 7. The molecule has 0 saturated heterocycles. The van der Waals surface area contributed by atoms with Crippen molar-refractivity contribution in [1.29, 1.82) is 5.26 Å². The Morgan fingerprint density at radius 2 is 2.19 bits per heavy atom. The third-order valence-corrected chi connectivity index (χ3v) is 6.43. The number of nitrogens with zero attached hydrogens (tertiary/aromatic N) is 2. The summed E-state index contributed by atoms with van der Waals surface area (Å²) in [4.78, 5) is 17.1. The molecule has 5 nitrogen and oxygen atoms in total. The molecule has 1 aliphatic carbocycles. The Kier molecular flexibility index (Phi) is 6.17. The predicted molar refractivity (Wildman–Crippen MR) is 123 cm³/mol. The van der Waals surface area contributed by atoms with E-state index in [9.17, 15) is 10.1 Å². The van der Waals surface area contributed by atoms with E-state index in [4.69, 9.17) is 4.74 Å². The number of hydrogen-bond acceptors (Lipinski definition) is 6. The lowest BCUT2D eigenvalue weighted by atomic mass is 10.0. The third kappa shape index (κ3) is 4.53. The molecule has 31 heavy (non-hydrogen) atoms. The van der Waals surface area contributed by atoms with Crippen LogP contribution in [-0.2, 0) is 11.2 Å². The van der Waals surface area contributed by atoms with Crippen molar-refractivity contribution in [2.45, 2.75) is 45.8 Å². The van der Waals surface area contributed by atoms with E-state index < -0.39 is 0 Å². The van der Waals surface area contributed by atoms with Crippen molar-refractivity contribution in [3.8, 4) is 32.8 Å². The largest absolute Gasteiger partial charge is 0.490 e. The minimum Gasteiger partial charge on any atom is -0.490 e. The van der Waals surface area contributed by atoms with Crippen molar-refractivity contribution in [2.24, 2.45) is 0 Å². The number of thiazole rings is 1. The molecule has 1 atom stereocenters. The average molecular weight is 432 g/mol. The Morgan fingerprint density at radius 3 is 2.94 bits per heavy atom. The van der Waals surface area contributed by atoms with Crippen LogP contribution in [0.2, 0.25) is 0 Å². The summed E-state index contributed by atoms with van der Waals surface area (Å²) in [5.41, 5.74) is 5.24. The van der Waals surface area contributed by atoms with E-state index in [0.717, 1.165) is 28.3 Å². The van der Waals surface area contributed by atoms with Gasteiger partial charge in [-0.2, -0.15) is 5.26 Å². The Bertz CT molecular complexity index is 1160. The van der Waals surface area contributed by atoms with Crippen LogP contribution in [0.4, 0.5) is 0 Å². The zero-order chi connectivity index (χ0) is 22.0. The number of aromatic nitrogens is 1. The highest BCUT2D eigenvalue weighted by Gasteiger charge is 2.25. The zero-order valence-electron chi connectivity index (χ0n) is 17.9. The van der Waals surface area contributed by atoms with Crippen LogP contribution in [0.3, 0.4) is 0 Å². The molecule has 0 amide bonds. The van der Waals surface area contributed by atoms with Crippen molar-refractivity contribution in [2.75, 3.05) is 6.54 Å². The van der Waals surface area contributed by atoms with Gasteiger partial charge in [0.2, 0.25) is 0 Å². The second-order valence-corrected chi connectivity index (χ2v) is 9.10. The summed E-state index contributed by atoms with van der Waals surface area (Å²) < 4.78 is 5.73. The standard InChI is InChI=1S/C25H25N3O2S/c1-15(2)30-23-10-7-17(11-18(23)12-26)25-28-14-24(31-25)21-6-4-5-20-19(21)8-9-22(20)27-13-16(3)29/h4-7,10-11,14-15,22,27H,8-9,13H2,1-3H3/t22-/m1/s1. The average Bonchev–Trinajstić information content (AvgIpc) is 3.39. The second-order valence-electron chi connectivity index (χ2n) is 8.07. The van der Waals surface area contributed by atoms with Gasteiger partial charge in [0.05, 0.1) is 23.1 Å². The summed E-state index contributed by atoms with van der Waals surface area (Å²) in [5, 5.41) is 13.8. The van der Waals surface area contributed by atoms with Gasteiger partial charge in [-0.3, -0.25) is 4.79 Å². The number of hydrogen-bond donors (Lipinski definition) is 1. The van der Waals surface area contributed by atoms with E-state index in [1.165, 1.54) is 16.7 Å². The highest BCUT2D eigenvalue weighted by Crippen LogP contribution is 2.41. The minimum absolute atomic E-state index is 0.0124. The molecule has 0 aliphatic heterocycles. The molecular formula is C25H25N3O2S. The lowest BCUT2D eigenvalue weighted by molar-refractivity contribution is -0.116. The molecule has 0 radical (unpaired) electrons. The van der Waals surface area contributed by atoms with Crippen molar-refractivity contribution in [3.05, 3.63) is 59.3 Å². The van der Waals surface area contributed by atoms with Gasteiger partial charge in [0.1, 0.15) is 22.6 Å². The van der Waals surface area contributed by atoms with Crippen molar-refractivity contribution < 1.29 is 9.53 Å². The Labute approximate surface area is 186 Å². The van der Waals surface area contributed by atoms with Crippen LogP contribution in [0, 0.1) is 11.3 Å². The van der Waals surface area contributed by atoms with E-state index in [-0.39, 0.29) is 17.9 Å². The second kappa shape index (κ2) is 9.01. The highest BCUT2D eigenvalue weighted by molar-refractivity contribution is 7.18. The first-order valence-corrected chi connectivity index (χ1v) is 11.3. The number of carbonyl (C=O) groups excluding carboxylic acids is 1. The number of carbonyl (C=O) groups is 1. The molecule has 6 heteroatoms. The molecule has 1 heterocycles. The van der Waals surface area contributed by atoms with E-state index in [2.05, 4.69) is 34.6 Å². The summed E-state index contributed by atoms with van der Waals surface area (Å²) in [6, 6.07) is 14.5. The van der Waals surface area contributed by atoms with Crippen LogP contribution in [0.5, 0.6) is 5.75 Å². The molecule has 0 saturated carbocycles. The quantitative estimate of drug-likeness (QED) is 0.549. The molecule has 158 valence electrons. The van der Waals surface area contributed by atoms with E-state index in [0.29, 0.717) is 17.9 Å². The lowest BCUT2D eigenvalue weighted by Crippen LogP contribution is -2.24. The van der Waals surface area contributed by atoms with Crippen LogP contribution in [-0.4, -0.2) is 23.4 Å². The Morgan fingerprint density at radius 1 is 1.35 bits per heavy atom. The predicted octanol–water partition coefficient (Wildman–Crippen LogP) is 5.30. The van der Waals surface area contributed by atoms with Crippen molar-refractivity contribution >= 4 is 17.1 Å². The molecule has 0 bridgehead atoms. The molecular weight excluding hydrogens is 406 g/mol. The molecule has 4 rings (SSSR count). The first-order chi connectivity index (χ1) is 15.0. The van der Waals surface area contributed by atoms with Crippen LogP contribution in [0.25, 0.3) is 21.0 Å². The monoisotopic (exact) mass is 431 g/mol. The van der Waals surface area contributed by atoms with Crippen LogP contribution < -0.4 is 10.1 Å². The maximum Gasteiger partial charge on any atom is 0.143 e. The number of ketones is 1. The fourth-order valence-corrected chi connectivity index (χ4v) is 4.97. The molecule has 2 aromatic carbocycles. The number of ether oxygens (including phenoxy) is 1. The molecule has 1 N–H and O–H groups in total. The van der Waals surface area contributed by atoms with Gasteiger partial charge >= 0.3 is 0 Å². The van der Waals surface area contributed by atoms with Gasteiger partial charge in [0, 0.05) is 17.8 Å². The van der Waals surface area contributed by atoms with Crippen molar-refractivity contribution in [3.63, 3.8) is 0 Å². The molecule has 1 aromatic heterocycles. The summed E-state index contributed by atoms with van der Waals surface area (Å²) in [6.07, 6.45) is 3.90. The topological polar surface area (TPSA) is 75.0 Å². The maximum absolute atomic E-state index is 11.4. The zero-order valence-corrected chi connectivity index (χ0v) is 18.8. The van der Waals surface area contributed by atoms with Gasteiger partial charge in [-0.15, -0.1) is 11.3 Å². The Hall–Kier alpha value is -3.01. The smallest absolute Gasteiger partial charge is 0.143 e. The summed E-state index contributed by atoms with van der Waals surface area (Å²) >= 11 is 1.63. The molecule has 0 fully saturated rings. The van der Waals surface area contributed by atoms with Gasteiger partial charge in [-0.05, 0) is 68.5 Å². The summed E-state index contributed by atoms with van der Waals surface area (Å²) in [5.74, 6) is 0.751. The molecule has 1 aliphatic rings. The van der Waals surface area contributed by atoms with Gasteiger partial charge in [-0.1, -0.05) is 18.2 Å². The van der Waals surface area contributed by atoms with Gasteiger partial charge in [-0.25, -0.2) is 4.98 Å². The minimum atomic E-state index is 0.0124. The van der Waals surface area contributed by atoms with Gasteiger partial charge in [0.15, 0.2) is 0 Å². The normalized spacial score (nSPS) is 15.0. The first kappa shape index (κ1) is 21.2. The number of fused-ring (bicyclic) bond motifs is 1. The van der Waals surface area contributed by atoms with E-state index in [1.807, 2.05) is 38.2 Å². The fraction of sp³-hybridized carbons (Fsp3) is 0.320. The summed E-state index contributed by atoms with van der Waals surface area (Å²) in [6.45, 7) is 5.90. The number of Topliss-reactive ketones (excluding diaryl/α,β-unsaturated/α-hetero) is 1. The van der Waals surface area contributed by atoms with Crippen molar-refractivity contribution in [1.82, 2.24) is 10.3 Å². The highest BCUT2D eigenvalue weighted by atomic mass is 32.1. The molecule has 3 aromatic rings. The van der Waals surface area contributed by atoms with Crippen LogP contribution >= 0.6 is 11.3 Å². The Balaban J connectivity index is 1.62. The molecule has 0 spiro atoms. The van der Waals surface area contributed by atoms with Crippen LogP contribution in [0.15, 0.2) is 42.6 Å². The summed E-state index contributed by atoms with van der Waals surface area (Å²) in [7, 11) is 0. The number of benzene rings is 2. The maximum atomic E-state index is 11.4. The van der Waals surface area contributed by atoms with Crippen LogP contribution in [0.1, 0.15) is 49.9 Å². The lowest BCUT2D eigenvalue weighted by Gasteiger charge is -2.13. The SMILES string of the molecule is CC(=O)CN[C@@H]1CCc2c(-c3cnc(-c4ccc(OC(C)C)c(C#N)c4)s3)cccc21. The molecule has 0 unspecified atom stereocenters.